The minimum atomic E-state index is -1.28. The normalized spacial score (nSPS) is 20.6. The number of likely N-dealkylation sites (tertiary alicyclic amines) is 1. The number of hydrogen-bond acceptors (Lipinski definition) is 5. The second-order valence-electron chi connectivity index (χ2n) is 5.93. The summed E-state index contributed by atoms with van der Waals surface area (Å²) in [5.74, 6) is -0.464. The maximum Gasteiger partial charge on any atom is 0.293 e. The Morgan fingerprint density at radius 2 is 2.17 bits per heavy atom. The Labute approximate surface area is 138 Å². The molecule has 1 amide bonds. The first-order valence-corrected chi connectivity index (χ1v) is 7.81. The van der Waals surface area contributed by atoms with Gasteiger partial charge in [0.2, 0.25) is 5.82 Å². The van der Waals surface area contributed by atoms with Crippen molar-refractivity contribution in [2.45, 2.75) is 25.4 Å². The quantitative estimate of drug-likeness (QED) is 0.851. The van der Waals surface area contributed by atoms with E-state index in [0.717, 1.165) is 0 Å². The molecule has 1 atom stereocenters. The highest BCUT2D eigenvalue weighted by Gasteiger charge is 2.39. The number of carbonyl (C=O) groups excluding carboxylic acids is 1. The second kappa shape index (κ2) is 6.29. The minimum Gasteiger partial charge on any atom is -0.393 e. The van der Waals surface area contributed by atoms with Gasteiger partial charge in [-0.15, -0.1) is 5.10 Å². The van der Waals surface area contributed by atoms with Crippen molar-refractivity contribution in [3.05, 3.63) is 41.7 Å². The fourth-order valence-corrected chi connectivity index (χ4v) is 2.78. The molecule has 1 aliphatic heterocycles. The smallest absolute Gasteiger partial charge is 0.293 e. The lowest BCUT2D eigenvalue weighted by atomic mass is 10.1. The molecular formula is C16H19FN4O3. The maximum atomic E-state index is 14.0. The molecule has 8 heteroatoms. The Kier molecular flexibility index (Phi) is 4.33. The molecule has 1 aliphatic rings. The Hall–Kier alpha value is -2.32. The van der Waals surface area contributed by atoms with Crippen LogP contribution in [0.15, 0.2) is 24.3 Å². The Morgan fingerprint density at radius 3 is 2.79 bits per heavy atom. The molecule has 128 valence electrons. The van der Waals surface area contributed by atoms with Crippen LogP contribution in [-0.4, -0.2) is 61.1 Å². The summed E-state index contributed by atoms with van der Waals surface area (Å²) in [6.45, 7) is 1.77. The number of aliphatic hydroxyl groups is 2. The fourth-order valence-electron chi connectivity index (χ4n) is 2.78. The first kappa shape index (κ1) is 16.5. The molecule has 7 nitrogen and oxygen atoms in total. The highest BCUT2D eigenvalue weighted by molar-refractivity contribution is 5.90. The lowest BCUT2D eigenvalue weighted by Gasteiger charge is -2.19. The van der Waals surface area contributed by atoms with Crippen LogP contribution in [0.2, 0.25) is 0 Å². The molecule has 1 aromatic heterocycles. The lowest BCUT2D eigenvalue weighted by Crippen LogP contribution is -2.39. The molecule has 0 spiro atoms. The van der Waals surface area contributed by atoms with Crippen LogP contribution < -0.4 is 0 Å². The van der Waals surface area contributed by atoms with E-state index in [-0.39, 0.29) is 18.1 Å². The highest BCUT2D eigenvalue weighted by Crippen LogP contribution is 2.22. The molecule has 0 radical (unpaired) electrons. The van der Waals surface area contributed by atoms with Crippen LogP contribution >= 0.6 is 0 Å². The number of hydrogen-bond donors (Lipinski definition) is 2. The van der Waals surface area contributed by atoms with Crippen molar-refractivity contribution < 1.29 is 19.4 Å². The van der Waals surface area contributed by atoms with Crippen LogP contribution in [-0.2, 0) is 6.42 Å². The van der Waals surface area contributed by atoms with Crippen molar-refractivity contribution in [2.24, 2.45) is 0 Å². The van der Waals surface area contributed by atoms with Crippen LogP contribution in [0.5, 0.6) is 0 Å². The van der Waals surface area contributed by atoms with E-state index in [2.05, 4.69) is 10.1 Å². The number of aliphatic hydroxyl groups excluding tert-OH is 1. The maximum absolute atomic E-state index is 14.0. The molecule has 24 heavy (non-hydrogen) atoms. The third-order valence-corrected chi connectivity index (χ3v) is 4.18. The molecule has 0 aliphatic carbocycles. The topological polar surface area (TPSA) is 91.5 Å². The van der Waals surface area contributed by atoms with E-state index < -0.39 is 23.9 Å². The molecule has 1 unspecified atom stereocenters. The van der Waals surface area contributed by atoms with Crippen molar-refractivity contribution in [3.8, 4) is 5.69 Å². The Morgan fingerprint density at radius 1 is 1.42 bits per heavy atom. The Bertz CT molecular complexity index is 764. The zero-order chi connectivity index (χ0) is 17.3. The number of nitrogens with zero attached hydrogens (tertiary/aromatic N) is 4. The van der Waals surface area contributed by atoms with Crippen LogP contribution in [0.4, 0.5) is 4.39 Å². The molecule has 1 saturated heterocycles. The summed E-state index contributed by atoms with van der Waals surface area (Å²) in [6.07, 6.45) is 0.777. The number of benzene rings is 1. The van der Waals surface area contributed by atoms with Gasteiger partial charge >= 0.3 is 0 Å². The average molecular weight is 334 g/mol. The molecule has 2 aromatic rings. The van der Waals surface area contributed by atoms with E-state index >= 15 is 0 Å². The van der Waals surface area contributed by atoms with Gasteiger partial charge in [-0.1, -0.05) is 19.1 Å². The number of amides is 1. The first-order valence-electron chi connectivity index (χ1n) is 7.81. The fraction of sp³-hybridized carbons (Fsp3) is 0.438. The SMILES string of the molecule is CCc1nc(C(=O)N2CCC(O)(CO)C2)nn1-c1ccccc1F. The summed E-state index contributed by atoms with van der Waals surface area (Å²) in [7, 11) is 0. The van der Waals surface area contributed by atoms with E-state index in [1.54, 1.807) is 18.2 Å². The van der Waals surface area contributed by atoms with E-state index in [9.17, 15) is 19.4 Å². The average Bonchev–Trinajstić information content (AvgIpc) is 3.19. The van der Waals surface area contributed by atoms with Crippen molar-refractivity contribution >= 4 is 5.91 Å². The third kappa shape index (κ3) is 2.90. The number of rotatable bonds is 4. The van der Waals surface area contributed by atoms with Gasteiger partial charge in [-0.05, 0) is 18.6 Å². The van der Waals surface area contributed by atoms with Gasteiger partial charge in [0.05, 0.1) is 13.2 Å². The predicted octanol–water partition coefficient (Wildman–Crippen LogP) is 0.538. The monoisotopic (exact) mass is 334 g/mol. The summed E-state index contributed by atoms with van der Waals surface area (Å²) in [6, 6.07) is 6.15. The summed E-state index contributed by atoms with van der Waals surface area (Å²) in [5, 5.41) is 23.4. The van der Waals surface area contributed by atoms with Crippen molar-refractivity contribution in [1.82, 2.24) is 19.7 Å². The number of aryl methyl sites for hydroxylation is 1. The van der Waals surface area contributed by atoms with Crippen molar-refractivity contribution in [3.63, 3.8) is 0 Å². The number of halogens is 1. The second-order valence-corrected chi connectivity index (χ2v) is 5.93. The van der Waals surface area contributed by atoms with E-state index in [4.69, 9.17) is 0 Å². The molecule has 2 heterocycles. The molecular weight excluding hydrogens is 315 g/mol. The van der Waals surface area contributed by atoms with E-state index in [1.165, 1.54) is 15.6 Å². The zero-order valence-electron chi connectivity index (χ0n) is 13.3. The van der Waals surface area contributed by atoms with Crippen LogP contribution in [0.1, 0.15) is 29.8 Å². The van der Waals surface area contributed by atoms with Gasteiger partial charge in [0.1, 0.15) is 22.9 Å². The molecule has 3 rings (SSSR count). The van der Waals surface area contributed by atoms with Crippen LogP contribution in [0, 0.1) is 5.82 Å². The third-order valence-electron chi connectivity index (χ3n) is 4.18. The van der Waals surface area contributed by atoms with Gasteiger partial charge < -0.3 is 15.1 Å². The highest BCUT2D eigenvalue weighted by atomic mass is 19.1. The summed E-state index contributed by atoms with van der Waals surface area (Å²) >= 11 is 0. The molecule has 1 fully saturated rings. The lowest BCUT2D eigenvalue weighted by molar-refractivity contribution is -0.00465. The minimum absolute atomic E-state index is 0.0258. The molecule has 2 N–H and O–H groups in total. The largest absolute Gasteiger partial charge is 0.393 e. The molecule has 0 bridgehead atoms. The van der Waals surface area contributed by atoms with Gasteiger partial charge in [-0.3, -0.25) is 4.79 Å². The van der Waals surface area contributed by atoms with Gasteiger partial charge in [-0.25, -0.2) is 14.1 Å². The van der Waals surface area contributed by atoms with E-state index in [1.807, 2.05) is 6.92 Å². The number of aromatic nitrogens is 3. The van der Waals surface area contributed by atoms with Gasteiger partial charge in [-0.2, -0.15) is 0 Å². The van der Waals surface area contributed by atoms with Gasteiger partial charge in [0.15, 0.2) is 0 Å². The van der Waals surface area contributed by atoms with Gasteiger partial charge in [0.25, 0.3) is 5.91 Å². The van der Waals surface area contributed by atoms with Crippen molar-refractivity contribution in [1.29, 1.82) is 0 Å². The van der Waals surface area contributed by atoms with Crippen LogP contribution in [0.25, 0.3) is 5.69 Å². The number of β-amino-alcohol motifs (C(OH)–C–C–N with tert-alkyl or cyclic N) is 1. The predicted molar refractivity (Wildman–Crippen MR) is 83.3 cm³/mol. The number of para-hydroxylation sites is 1. The van der Waals surface area contributed by atoms with Crippen LogP contribution in [0.3, 0.4) is 0 Å². The van der Waals surface area contributed by atoms with Crippen molar-refractivity contribution in [2.75, 3.05) is 19.7 Å². The summed E-state index contributed by atoms with van der Waals surface area (Å²) < 4.78 is 15.3. The van der Waals surface area contributed by atoms with E-state index in [0.29, 0.717) is 25.2 Å². The number of carbonyl (C=O) groups is 1. The standard InChI is InChI=1S/C16H19FN4O3/c1-2-13-18-14(15(23)20-8-7-16(24,9-20)10-22)19-21(13)12-6-4-3-5-11(12)17/h3-6,22,24H,2,7-10H2,1H3. The molecule has 0 saturated carbocycles. The van der Waals surface area contributed by atoms with Gasteiger partial charge in [0, 0.05) is 13.0 Å². The Balaban J connectivity index is 1.91. The zero-order valence-corrected chi connectivity index (χ0v) is 13.3. The first-order chi connectivity index (χ1) is 11.5. The molecule has 1 aromatic carbocycles. The summed E-state index contributed by atoms with van der Waals surface area (Å²) in [4.78, 5) is 18.2. The summed E-state index contributed by atoms with van der Waals surface area (Å²) in [5.41, 5.74) is -1.05.